The quantitative estimate of drug-likeness (QED) is 0.157. The highest BCUT2D eigenvalue weighted by molar-refractivity contribution is 6.14. The fourth-order valence-corrected chi connectivity index (χ4v) is 9.57. The van der Waals surface area contributed by atoms with Crippen LogP contribution in [-0.4, -0.2) is 9.97 Å². The third-order valence-electron chi connectivity index (χ3n) is 12.7. The van der Waals surface area contributed by atoms with Gasteiger partial charge in [-0.2, -0.15) is 0 Å². The summed E-state index contributed by atoms with van der Waals surface area (Å²) in [5.41, 5.74) is 17.8. The normalized spacial score (nSPS) is 11.8. The number of pyridine rings is 2. The van der Waals surface area contributed by atoms with E-state index in [0.29, 0.717) is 0 Å². The Morgan fingerprint density at radius 3 is 1.05 bits per heavy atom. The Balaban J connectivity index is 0.980. The smallest absolute Gasteiger partial charge is 0.143 e. The first-order chi connectivity index (χ1) is 31.7. The van der Waals surface area contributed by atoms with Crippen LogP contribution < -0.4 is 0 Å². The fraction of sp³-hybridized carbons (Fsp3) is 0. The summed E-state index contributed by atoms with van der Waals surface area (Å²) in [5, 5.41) is 6.58. The van der Waals surface area contributed by atoms with Crippen LogP contribution in [0.3, 0.4) is 0 Å². The molecular weight excluding hydrogens is 781 g/mol. The second kappa shape index (κ2) is 14.5. The molecule has 0 fully saturated rings. The van der Waals surface area contributed by atoms with Crippen LogP contribution in [0.1, 0.15) is 0 Å². The molecule has 0 aliphatic rings. The van der Waals surface area contributed by atoms with E-state index in [1.54, 1.807) is 0 Å². The largest absolute Gasteiger partial charge is 0.455 e. The molecule has 64 heavy (non-hydrogen) atoms. The average molecular weight is 817 g/mol. The molecule has 0 spiro atoms. The maximum Gasteiger partial charge on any atom is 0.143 e. The lowest BCUT2D eigenvalue weighted by Gasteiger charge is -2.16. The highest BCUT2D eigenvalue weighted by atomic mass is 16.3. The number of rotatable bonds is 6. The number of nitrogens with zero attached hydrogens (tertiary/aromatic N) is 2. The molecule has 13 rings (SSSR count). The van der Waals surface area contributed by atoms with Crippen LogP contribution in [0, 0.1) is 0 Å². The molecule has 4 heteroatoms. The van der Waals surface area contributed by atoms with E-state index in [2.05, 4.69) is 194 Å². The zero-order valence-electron chi connectivity index (χ0n) is 34.5. The third kappa shape index (κ3) is 5.84. The molecule has 0 saturated heterocycles. The average Bonchev–Trinajstić information content (AvgIpc) is 3.95. The van der Waals surface area contributed by atoms with E-state index in [1.165, 1.54) is 0 Å². The van der Waals surface area contributed by atoms with Gasteiger partial charge in [0.1, 0.15) is 22.3 Å². The second-order valence-corrected chi connectivity index (χ2v) is 16.4. The number of furan rings is 2. The van der Waals surface area contributed by atoms with E-state index in [9.17, 15) is 0 Å². The Hall–Kier alpha value is -8.60. The number of aromatic nitrogens is 2. The van der Waals surface area contributed by atoms with Crippen molar-refractivity contribution in [3.05, 3.63) is 218 Å². The second-order valence-electron chi connectivity index (χ2n) is 16.4. The number of fused-ring (bicyclic) bond motifs is 9. The van der Waals surface area contributed by atoms with E-state index < -0.39 is 0 Å². The third-order valence-corrected chi connectivity index (χ3v) is 12.7. The van der Waals surface area contributed by atoms with Gasteiger partial charge in [0.15, 0.2) is 0 Å². The van der Waals surface area contributed by atoms with Gasteiger partial charge in [-0.3, -0.25) is 0 Å². The molecule has 4 aromatic heterocycles. The molecule has 0 aliphatic carbocycles. The predicted molar refractivity (Wildman–Crippen MR) is 264 cm³/mol. The van der Waals surface area contributed by atoms with Crippen molar-refractivity contribution in [2.45, 2.75) is 0 Å². The number of benzene rings is 9. The highest BCUT2D eigenvalue weighted by Crippen LogP contribution is 2.42. The zero-order valence-corrected chi connectivity index (χ0v) is 34.5. The van der Waals surface area contributed by atoms with Crippen LogP contribution in [0.2, 0.25) is 0 Å². The molecule has 13 aromatic rings. The molecule has 0 aliphatic heterocycles. The van der Waals surface area contributed by atoms with Gasteiger partial charge in [0.25, 0.3) is 0 Å². The molecule has 9 aromatic carbocycles. The molecule has 0 atom stereocenters. The van der Waals surface area contributed by atoms with E-state index in [1.807, 2.05) is 24.3 Å². The van der Waals surface area contributed by atoms with Gasteiger partial charge in [0.2, 0.25) is 0 Å². The molecule has 4 heterocycles. The fourth-order valence-electron chi connectivity index (χ4n) is 9.57. The molecule has 0 N–H and O–H groups in total. The van der Waals surface area contributed by atoms with Gasteiger partial charge in [-0.25, -0.2) is 9.97 Å². The lowest BCUT2D eigenvalue weighted by atomic mass is 9.93. The molecular formula is C60H36N2O2. The molecule has 0 radical (unpaired) electrons. The van der Waals surface area contributed by atoms with Crippen LogP contribution in [0.5, 0.6) is 0 Å². The van der Waals surface area contributed by atoms with Gasteiger partial charge in [-0.05, 0) is 57.6 Å². The minimum Gasteiger partial charge on any atom is -0.455 e. The van der Waals surface area contributed by atoms with E-state index >= 15 is 0 Å². The lowest BCUT2D eigenvalue weighted by Crippen LogP contribution is -1.96. The Labute approximate surface area is 368 Å². The lowest BCUT2D eigenvalue weighted by molar-refractivity contribution is 0.669. The van der Waals surface area contributed by atoms with Crippen molar-refractivity contribution in [1.82, 2.24) is 9.97 Å². The first-order valence-corrected chi connectivity index (χ1v) is 21.6. The molecule has 0 saturated carbocycles. The molecule has 4 nitrogen and oxygen atoms in total. The summed E-state index contributed by atoms with van der Waals surface area (Å²) < 4.78 is 12.8. The summed E-state index contributed by atoms with van der Waals surface area (Å²) >= 11 is 0. The minimum atomic E-state index is 0.859. The topological polar surface area (TPSA) is 52.1 Å². The van der Waals surface area contributed by atoms with E-state index in [4.69, 9.17) is 18.8 Å². The maximum absolute atomic E-state index is 6.42. The predicted octanol–water partition coefficient (Wildman–Crippen LogP) is 16.6. The summed E-state index contributed by atoms with van der Waals surface area (Å²) in [7, 11) is 0. The number of hydrogen-bond acceptors (Lipinski definition) is 4. The van der Waals surface area contributed by atoms with Crippen molar-refractivity contribution in [2.24, 2.45) is 0 Å². The summed E-state index contributed by atoms with van der Waals surface area (Å²) in [4.78, 5) is 11.0. The molecule has 0 amide bonds. The van der Waals surface area contributed by atoms with Gasteiger partial charge in [-0.1, -0.05) is 194 Å². The van der Waals surface area contributed by atoms with E-state index in [0.717, 1.165) is 133 Å². The first kappa shape index (κ1) is 36.1. The zero-order chi connectivity index (χ0) is 42.1. The Morgan fingerprint density at radius 1 is 0.250 bits per heavy atom. The monoisotopic (exact) mass is 816 g/mol. The van der Waals surface area contributed by atoms with Crippen LogP contribution in [-0.2, 0) is 0 Å². The molecule has 0 bridgehead atoms. The van der Waals surface area contributed by atoms with E-state index in [-0.39, 0.29) is 0 Å². The van der Waals surface area contributed by atoms with Crippen molar-refractivity contribution in [3.63, 3.8) is 0 Å². The summed E-state index contributed by atoms with van der Waals surface area (Å²) in [6.45, 7) is 0. The number of para-hydroxylation sites is 4. The summed E-state index contributed by atoms with van der Waals surface area (Å²) in [6.07, 6.45) is 0. The van der Waals surface area contributed by atoms with Crippen LogP contribution in [0.4, 0.5) is 0 Å². The summed E-state index contributed by atoms with van der Waals surface area (Å²) in [5.74, 6) is 0. The Kier molecular flexibility index (Phi) is 8.18. The molecule has 298 valence electrons. The molecule has 0 unspecified atom stereocenters. The first-order valence-electron chi connectivity index (χ1n) is 21.6. The van der Waals surface area contributed by atoms with Crippen LogP contribution in [0.25, 0.3) is 133 Å². The maximum atomic E-state index is 6.42. The Morgan fingerprint density at radius 2 is 0.609 bits per heavy atom. The van der Waals surface area contributed by atoms with Gasteiger partial charge >= 0.3 is 0 Å². The van der Waals surface area contributed by atoms with Crippen molar-refractivity contribution in [3.8, 4) is 67.0 Å². The van der Waals surface area contributed by atoms with Crippen molar-refractivity contribution >= 4 is 65.7 Å². The van der Waals surface area contributed by atoms with Gasteiger partial charge in [-0.15, -0.1) is 0 Å². The Bertz CT molecular complexity index is 3660. The van der Waals surface area contributed by atoms with Crippen LogP contribution >= 0.6 is 0 Å². The van der Waals surface area contributed by atoms with Crippen molar-refractivity contribution in [2.75, 3.05) is 0 Å². The van der Waals surface area contributed by atoms with Crippen molar-refractivity contribution < 1.29 is 8.83 Å². The van der Waals surface area contributed by atoms with Crippen LogP contribution in [0.15, 0.2) is 227 Å². The SMILES string of the molecule is c1ccc(-c2cc(-c3ccc(-c4cccc5c4oc4ccccc45)cc3)nc3c2ccc2c(-c4ccccc4)cc(-c4ccc(-c5cccc6c5oc5ccccc56)cc4)nc23)cc1. The van der Waals surface area contributed by atoms with Gasteiger partial charge < -0.3 is 8.83 Å². The highest BCUT2D eigenvalue weighted by Gasteiger charge is 2.19. The standard InChI is InChI=1S/C60H36N2O2/c1-3-13-37(14-4-1)51-35-53(41-29-25-39(26-30-41)43-19-11-21-49-45-17-7-9-23-55(45)63-59(43)49)61-57-47(51)33-34-48-52(38-15-5-2-6-16-38)36-54(62-58(48)57)42-31-27-40(28-32-42)44-20-12-22-50-46-18-8-10-24-56(46)64-60(44)50/h1-36H. The van der Waals surface area contributed by atoms with Gasteiger partial charge in [0, 0.05) is 54.6 Å². The minimum absolute atomic E-state index is 0.859. The summed E-state index contributed by atoms with van der Waals surface area (Å²) in [6, 6.07) is 76.7. The van der Waals surface area contributed by atoms with Crippen molar-refractivity contribution in [1.29, 1.82) is 0 Å². The number of hydrogen-bond donors (Lipinski definition) is 0. The van der Waals surface area contributed by atoms with Gasteiger partial charge in [0.05, 0.1) is 22.4 Å².